The summed E-state index contributed by atoms with van der Waals surface area (Å²) < 4.78 is 5.55. The molecule has 388 valence electrons. The Morgan fingerprint density at radius 2 is 0.909 bits per heavy atom. The van der Waals surface area contributed by atoms with E-state index in [0.29, 0.717) is 11.8 Å². The van der Waals surface area contributed by atoms with Crippen molar-refractivity contribution in [3.05, 3.63) is 149 Å². The summed E-state index contributed by atoms with van der Waals surface area (Å²) in [5.41, 5.74) is 24.9. The molecule has 5 heteroatoms. The van der Waals surface area contributed by atoms with Crippen LogP contribution < -0.4 is 16.4 Å². The average molecular weight is 1010 g/mol. The van der Waals surface area contributed by atoms with Crippen molar-refractivity contribution in [3.8, 4) is 34.0 Å². The molecule has 2 aliphatic heterocycles. The van der Waals surface area contributed by atoms with Crippen molar-refractivity contribution >= 4 is 77.6 Å². The van der Waals surface area contributed by atoms with Gasteiger partial charge in [-0.2, -0.15) is 0 Å². The highest BCUT2D eigenvalue weighted by molar-refractivity contribution is 7.00. The fourth-order valence-electron chi connectivity index (χ4n) is 14.9. The van der Waals surface area contributed by atoms with Gasteiger partial charge in [0.05, 0.1) is 22.2 Å². The van der Waals surface area contributed by atoms with Gasteiger partial charge in [0, 0.05) is 60.5 Å². The van der Waals surface area contributed by atoms with E-state index in [1.54, 1.807) is 11.1 Å². The van der Waals surface area contributed by atoms with Gasteiger partial charge in [-0.25, -0.2) is 9.97 Å². The van der Waals surface area contributed by atoms with Crippen LogP contribution in [0.3, 0.4) is 0 Å². The highest BCUT2D eigenvalue weighted by Gasteiger charge is 2.44. The van der Waals surface area contributed by atoms with Crippen molar-refractivity contribution in [1.82, 2.24) is 19.1 Å². The molecule has 0 radical (unpaired) electrons. The third kappa shape index (κ3) is 7.58. The maximum Gasteiger partial charge on any atom is 0.252 e. The molecule has 5 heterocycles. The molecule has 0 bridgehead atoms. The van der Waals surface area contributed by atoms with Gasteiger partial charge in [0.1, 0.15) is 0 Å². The number of aromatic nitrogens is 4. The second kappa shape index (κ2) is 17.0. The zero-order valence-corrected chi connectivity index (χ0v) is 48.1. The van der Waals surface area contributed by atoms with Crippen molar-refractivity contribution in [1.29, 1.82) is 0 Å². The van der Waals surface area contributed by atoms with Crippen LogP contribution in [0, 0.1) is 0 Å². The third-order valence-electron chi connectivity index (χ3n) is 19.0. The van der Waals surface area contributed by atoms with Crippen molar-refractivity contribution in [2.24, 2.45) is 0 Å². The molecule has 77 heavy (non-hydrogen) atoms. The Morgan fingerprint density at radius 3 is 1.38 bits per heavy atom. The normalized spacial score (nSPS) is 16.4. The monoisotopic (exact) mass is 1010 g/mol. The molecule has 3 aromatic heterocycles. The smallest absolute Gasteiger partial charge is 0.252 e. The minimum atomic E-state index is -0.0993. The van der Waals surface area contributed by atoms with Crippen LogP contribution in [0.25, 0.3) is 88.5 Å². The number of benzene rings is 7. The standard InChI is InChI=1S/C72H77BN4/c1-69(2,3)48-38-53(71(7,8)9)62-51-32-45(42-24-16-13-17-25-42)34-55-66(51)76(58(62)40-48)60-36-47(65-50-30-22-23-31-57(50)74-68(75-65)44-28-20-15-21-29-44)37-61-64(60)73(55)56-35-46(43-26-18-14-19-27-43)33-52-63-54(72(10,11)12)39-49(70(4,5)6)41-59(63)77(61)67(52)56/h15,20-23,28-43H,13-14,16-19,24-27H2,1-12H3. The number of fused-ring (bicyclic) bond motifs is 11. The lowest BCUT2D eigenvalue weighted by atomic mass is 9.34. The third-order valence-corrected chi connectivity index (χ3v) is 19.0. The molecule has 2 fully saturated rings. The van der Waals surface area contributed by atoms with E-state index in [-0.39, 0.29) is 28.4 Å². The first-order chi connectivity index (χ1) is 36.7. The van der Waals surface area contributed by atoms with Crippen LogP contribution in [-0.2, 0) is 21.7 Å². The van der Waals surface area contributed by atoms with E-state index >= 15 is 0 Å². The summed E-state index contributed by atoms with van der Waals surface area (Å²) >= 11 is 0. The summed E-state index contributed by atoms with van der Waals surface area (Å²) in [6, 6.07) is 45.6. The molecule has 2 aliphatic carbocycles. The lowest BCUT2D eigenvalue weighted by Crippen LogP contribution is -2.59. The molecule has 10 aromatic rings. The van der Waals surface area contributed by atoms with Crippen LogP contribution in [0.4, 0.5) is 0 Å². The number of hydrogen-bond donors (Lipinski definition) is 0. The van der Waals surface area contributed by atoms with Crippen molar-refractivity contribution in [2.75, 3.05) is 0 Å². The molecule has 0 atom stereocenters. The lowest BCUT2D eigenvalue weighted by molar-refractivity contribution is 0.444. The minimum absolute atomic E-state index is 0.0297. The van der Waals surface area contributed by atoms with Gasteiger partial charge in [0.15, 0.2) is 5.82 Å². The summed E-state index contributed by atoms with van der Waals surface area (Å²) in [6.07, 6.45) is 13.0. The molecule has 0 N–H and O–H groups in total. The largest absolute Gasteiger partial charge is 0.310 e. The molecule has 2 saturated carbocycles. The van der Waals surface area contributed by atoms with Gasteiger partial charge in [-0.05, 0) is 151 Å². The summed E-state index contributed by atoms with van der Waals surface area (Å²) in [7, 11) is 0. The van der Waals surface area contributed by atoms with Gasteiger partial charge in [0.2, 0.25) is 0 Å². The first-order valence-electron chi connectivity index (χ1n) is 29.6. The fraction of sp³-hybridized carbons (Fsp3) is 0.389. The Balaban J connectivity index is 1.22. The van der Waals surface area contributed by atoms with Crippen molar-refractivity contribution < 1.29 is 0 Å². The zero-order chi connectivity index (χ0) is 53.2. The maximum atomic E-state index is 5.67. The topological polar surface area (TPSA) is 35.6 Å². The molecule has 0 amide bonds. The van der Waals surface area contributed by atoms with E-state index in [0.717, 1.165) is 33.5 Å². The molecule has 4 aliphatic rings. The Bertz CT molecular complexity index is 3890. The summed E-state index contributed by atoms with van der Waals surface area (Å²) in [4.78, 5) is 10.9. The second-order valence-corrected chi connectivity index (χ2v) is 28.3. The maximum absolute atomic E-state index is 5.67. The first kappa shape index (κ1) is 48.9. The predicted molar refractivity (Wildman–Crippen MR) is 330 cm³/mol. The van der Waals surface area contributed by atoms with Gasteiger partial charge < -0.3 is 9.13 Å². The quantitative estimate of drug-likeness (QED) is 0.165. The molecule has 0 unspecified atom stereocenters. The van der Waals surface area contributed by atoms with E-state index in [2.05, 4.69) is 207 Å². The number of para-hydroxylation sites is 1. The predicted octanol–water partition coefficient (Wildman–Crippen LogP) is 17.6. The second-order valence-electron chi connectivity index (χ2n) is 28.3. The van der Waals surface area contributed by atoms with Crippen LogP contribution in [0.15, 0.2) is 115 Å². The molecule has 0 spiro atoms. The molecular formula is C72H77BN4. The Morgan fingerprint density at radius 1 is 0.442 bits per heavy atom. The molecular weight excluding hydrogens is 932 g/mol. The Hall–Kier alpha value is -6.46. The van der Waals surface area contributed by atoms with Crippen LogP contribution in [0.5, 0.6) is 0 Å². The highest BCUT2D eigenvalue weighted by atomic mass is 15.0. The number of hydrogen-bond acceptors (Lipinski definition) is 2. The van der Waals surface area contributed by atoms with E-state index in [4.69, 9.17) is 9.97 Å². The summed E-state index contributed by atoms with van der Waals surface area (Å²) in [5, 5.41) is 6.77. The molecule has 14 rings (SSSR count). The lowest BCUT2D eigenvalue weighted by Gasteiger charge is -2.36. The molecule has 0 saturated heterocycles. The van der Waals surface area contributed by atoms with Crippen LogP contribution in [-0.4, -0.2) is 25.8 Å². The van der Waals surface area contributed by atoms with Crippen LogP contribution in [0.2, 0.25) is 0 Å². The summed E-state index contributed by atoms with van der Waals surface area (Å²) in [5.74, 6) is 1.86. The minimum Gasteiger partial charge on any atom is -0.310 e. The van der Waals surface area contributed by atoms with Gasteiger partial charge in [-0.1, -0.05) is 194 Å². The Kier molecular flexibility index (Phi) is 10.8. The van der Waals surface area contributed by atoms with Crippen LogP contribution in [0.1, 0.15) is 193 Å². The zero-order valence-electron chi connectivity index (χ0n) is 48.1. The summed E-state index contributed by atoms with van der Waals surface area (Å²) in [6.45, 7) is 29.1. The SMILES string of the molecule is CC(C)(C)c1cc(C(C)(C)C)c2c3cc(C4CCCCC4)cc4c3n(c2c1)-c1cc(-c2nc(-c3ccccc3)nc3ccccc23)cc2c1B4c1cc(C3CCCCC3)cc3c4c(C(C)(C)C)cc(C(C)(C)C)cc4n-2c13. The van der Waals surface area contributed by atoms with Gasteiger partial charge in [-0.3, -0.25) is 0 Å². The number of nitrogens with zero attached hydrogens (tertiary/aromatic N) is 4. The average Bonchev–Trinajstić information content (AvgIpc) is 4.15. The first-order valence-corrected chi connectivity index (χ1v) is 29.6. The van der Waals surface area contributed by atoms with E-state index in [1.807, 2.05) is 0 Å². The molecule has 4 nitrogen and oxygen atoms in total. The van der Waals surface area contributed by atoms with Crippen molar-refractivity contribution in [3.63, 3.8) is 0 Å². The molecule has 7 aromatic carbocycles. The van der Waals surface area contributed by atoms with Crippen LogP contribution >= 0.6 is 0 Å². The fourth-order valence-corrected chi connectivity index (χ4v) is 14.9. The highest BCUT2D eigenvalue weighted by Crippen LogP contribution is 2.49. The van der Waals surface area contributed by atoms with E-state index in [9.17, 15) is 0 Å². The van der Waals surface area contributed by atoms with Gasteiger partial charge >= 0.3 is 0 Å². The van der Waals surface area contributed by atoms with E-state index < -0.39 is 0 Å². The van der Waals surface area contributed by atoms with E-state index in [1.165, 1.54) is 158 Å². The van der Waals surface area contributed by atoms with Gasteiger partial charge in [0.25, 0.3) is 6.71 Å². The Labute approximate surface area is 457 Å². The number of rotatable bonds is 4. The van der Waals surface area contributed by atoms with Gasteiger partial charge in [-0.15, -0.1) is 0 Å². The van der Waals surface area contributed by atoms with Crippen molar-refractivity contribution in [2.45, 2.75) is 181 Å².